The standard InChI is InChI=1S/C29H37N5O4/c1-28(2,30)26(37)31-23(14-13-21-11-7-8-12-22(21)18-35)25(36)34-16-15-24-29(19-34,27(38)33(3)32-24)17-20-9-5-4-6-10-20/h4-12,23,35H,13-19,30H2,1-3H3,(H,31,37). The molecule has 9 heteroatoms. The number of hydrazone groups is 1. The number of piperidine rings is 1. The summed E-state index contributed by atoms with van der Waals surface area (Å²) in [7, 11) is 1.65. The number of nitrogens with one attached hydrogen (secondary N) is 1. The van der Waals surface area contributed by atoms with Gasteiger partial charge in [0.25, 0.3) is 5.91 Å². The average molecular weight is 520 g/mol. The average Bonchev–Trinajstić information content (AvgIpc) is 3.14. The molecule has 2 aliphatic rings. The quantitative estimate of drug-likeness (QED) is 0.464. The Morgan fingerprint density at radius 1 is 1.13 bits per heavy atom. The SMILES string of the molecule is CN1N=C2CCN(C(=O)C(CCc3ccccc3CO)NC(=O)C(C)(C)N)CC2(Cc2ccccc2)C1=O. The van der Waals surface area contributed by atoms with Crippen molar-refractivity contribution in [1.29, 1.82) is 0 Å². The highest BCUT2D eigenvalue weighted by Gasteiger charge is 2.53. The largest absolute Gasteiger partial charge is 0.392 e. The molecule has 2 aromatic carbocycles. The maximum Gasteiger partial charge on any atom is 0.256 e. The van der Waals surface area contributed by atoms with E-state index >= 15 is 0 Å². The van der Waals surface area contributed by atoms with Crippen LogP contribution < -0.4 is 11.1 Å². The predicted octanol–water partition coefficient (Wildman–Crippen LogP) is 1.62. The monoisotopic (exact) mass is 519 g/mol. The first-order valence-corrected chi connectivity index (χ1v) is 13.0. The molecule has 0 aliphatic carbocycles. The van der Waals surface area contributed by atoms with Gasteiger partial charge in [0.1, 0.15) is 11.5 Å². The van der Waals surface area contributed by atoms with Crippen LogP contribution in [0, 0.1) is 5.41 Å². The molecule has 2 atom stereocenters. The summed E-state index contributed by atoms with van der Waals surface area (Å²) in [5.41, 5.74) is 7.41. The van der Waals surface area contributed by atoms with E-state index in [9.17, 15) is 19.5 Å². The smallest absolute Gasteiger partial charge is 0.256 e. The molecule has 38 heavy (non-hydrogen) atoms. The Balaban J connectivity index is 1.59. The highest BCUT2D eigenvalue weighted by atomic mass is 16.3. The number of likely N-dealkylation sites (tertiary alicyclic amines) is 1. The van der Waals surface area contributed by atoms with Gasteiger partial charge in [0, 0.05) is 26.6 Å². The van der Waals surface area contributed by atoms with E-state index in [4.69, 9.17) is 5.73 Å². The van der Waals surface area contributed by atoms with Crippen LogP contribution in [-0.2, 0) is 33.8 Å². The van der Waals surface area contributed by atoms with Crippen molar-refractivity contribution in [1.82, 2.24) is 15.2 Å². The number of benzene rings is 2. The minimum atomic E-state index is -1.16. The number of aliphatic hydroxyl groups excluding tert-OH is 1. The fraction of sp³-hybridized carbons (Fsp3) is 0.448. The first-order chi connectivity index (χ1) is 18.0. The number of aliphatic hydroxyl groups is 1. The van der Waals surface area contributed by atoms with Gasteiger partial charge in [-0.1, -0.05) is 54.6 Å². The van der Waals surface area contributed by atoms with E-state index in [0.717, 1.165) is 22.4 Å². The van der Waals surface area contributed by atoms with Gasteiger partial charge in [-0.2, -0.15) is 5.10 Å². The summed E-state index contributed by atoms with van der Waals surface area (Å²) < 4.78 is 0. The lowest BCUT2D eigenvalue weighted by Gasteiger charge is -2.41. The van der Waals surface area contributed by atoms with E-state index in [1.807, 2.05) is 54.6 Å². The molecule has 0 bridgehead atoms. The molecule has 1 saturated heterocycles. The Labute approximate surface area is 223 Å². The van der Waals surface area contributed by atoms with Gasteiger partial charge in [0.05, 0.1) is 17.9 Å². The Bertz CT molecular complexity index is 1220. The molecule has 0 radical (unpaired) electrons. The third kappa shape index (κ3) is 5.63. The van der Waals surface area contributed by atoms with Crippen LogP contribution in [0.5, 0.6) is 0 Å². The summed E-state index contributed by atoms with van der Waals surface area (Å²) in [6.07, 6.45) is 1.73. The van der Waals surface area contributed by atoms with Crippen molar-refractivity contribution in [3.63, 3.8) is 0 Å². The third-order valence-corrected chi connectivity index (χ3v) is 7.45. The first-order valence-electron chi connectivity index (χ1n) is 13.0. The normalized spacial score (nSPS) is 20.1. The second kappa shape index (κ2) is 11.0. The summed E-state index contributed by atoms with van der Waals surface area (Å²) in [5.74, 6) is -0.812. The highest BCUT2D eigenvalue weighted by molar-refractivity contribution is 6.13. The molecular formula is C29H37N5O4. The molecule has 4 N–H and O–H groups in total. The van der Waals surface area contributed by atoms with Crippen molar-refractivity contribution < 1.29 is 19.5 Å². The van der Waals surface area contributed by atoms with E-state index < -0.39 is 22.9 Å². The van der Waals surface area contributed by atoms with Crippen LogP contribution in [0.2, 0.25) is 0 Å². The van der Waals surface area contributed by atoms with Crippen molar-refractivity contribution in [2.75, 3.05) is 20.1 Å². The summed E-state index contributed by atoms with van der Waals surface area (Å²) in [5, 5.41) is 18.5. The summed E-state index contributed by atoms with van der Waals surface area (Å²) in [6.45, 7) is 3.67. The molecule has 2 heterocycles. The molecule has 3 amide bonds. The van der Waals surface area contributed by atoms with Crippen LogP contribution in [0.15, 0.2) is 59.7 Å². The lowest BCUT2D eigenvalue weighted by atomic mass is 9.73. The second-order valence-electron chi connectivity index (χ2n) is 10.8. The Hall–Kier alpha value is -3.56. The maximum absolute atomic E-state index is 14.0. The van der Waals surface area contributed by atoms with Crippen molar-refractivity contribution in [3.05, 3.63) is 71.3 Å². The Morgan fingerprint density at radius 2 is 1.79 bits per heavy atom. The number of hydrogen-bond donors (Lipinski definition) is 3. The maximum atomic E-state index is 14.0. The summed E-state index contributed by atoms with van der Waals surface area (Å²) >= 11 is 0. The lowest BCUT2D eigenvalue weighted by Crippen LogP contribution is -2.60. The van der Waals surface area contributed by atoms with Gasteiger partial charge in [-0.15, -0.1) is 0 Å². The van der Waals surface area contributed by atoms with Crippen LogP contribution >= 0.6 is 0 Å². The Kier molecular flexibility index (Phi) is 7.99. The molecule has 202 valence electrons. The van der Waals surface area contributed by atoms with Crippen LogP contribution in [-0.4, -0.2) is 70.2 Å². The molecule has 2 aromatic rings. The summed E-state index contributed by atoms with van der Waals surface area (Å²) in [6, 6.07) is 16.4. The van der Waals surface area contributed by atoms with Gasteiger partial charge in [-0.25, -0.2) is 5.01 Å². The molecule has 0 saturated carbocycles. The molecule has 1 fully saturated rings. The van der Waals surface area contributed by atoms with Gasteiger partial charge in [0.2, 0.25) is 11.8 Å². The van der Waals surface area contributed by atoms with E-state index in [1.54, 1.807) is 25.8 Å². The second-order valence-corrected chi connectivity index (χ2v) is 10.8. The zero-order valence-corrected chi connectivity index (χ0v) is 22.3. The van der Waals surface area contributed by atoms with Crippen LogP contribution in [0.1, 0.15) is 43.4 Å². The number of carbonyl (C=O) groups is 3. The van der Waals surface area contributed by atoms with E-state index in [1.165, 1.54) is 5.01 Å². The van der Waals surface area contributed by atoms with Crippen molar-refractivity contribution in [2.45, 2.75) is 57.7 Å². The zero-order valence-electron chi connectivity index (χ0n) is 22.3. The lowest BCUT2D eigenvalue weighted by molar-refractivity contribution is -0.142. The fourth-order valence-corrected chi connectivity index (χ4v) is 5.29. The predicted molar refractivity (Wildman–Crippen MR) is 145 cm³/mol. The number of amides is 3. The van der Waals surface area contributed by atoms with Gasteiger partial charge < -0.3 is 21.1 Å². The topological polar surface area (TPSA) is 128 Å². The van der Waals surface area contributed by atoms with E-state index in [2.05, 4.69) is 10.4 Å². The molecule has 0 aromatic heterocycles. The molecule has 0 spiro atoms. The molecule has 9 nitrogen and oxygen atoms in total. The number of carbonyl (C=O) groups excluding carboxylic acids is 3. The van der Waals surface area contributed by atoms with E-state index in [0.29, 0.717) is 32.2 Å². The molecule has 2 aliphatic heterocycles. The zero-order chi connectivity index (χ0) is 27.5. The number of rotatable bonds is 9. The number of aryl methyl sites for hydroxylation is 1. The minimum Gasteiger partial charge on any atom is -0.392 e. The van der Waals surface area contributed by atoms with Gasteiger partial charge >= 0.3 is 0 Å². The fourth-order valence-electron chi connectivity index (χ4n) is 5.29. The van der Waals surface area contributed by atoms with Crippen LogP contribution in [0.4, 0.5) is 0 Å². The first kappa shape index (κ1) is 27.5. The Morgan fingerprint density at radius 3 is 2.45 bits per heavy atom. The minimum absolute atomic E-state index is 0.108. The van der Waals surface area contributed by atoms with Crippen molar-refractivity contribution in [3.8, 4) is 0 Å². The van der Waals surface area contributed by atoms with Gasteiger partial charge in [-0.3, -0.25) is 14.4 Å². The van der Waals surface area contributed by atoms with Crippen LogP contribution in [0.25, 0.3) is 0 Å². The van der Waals surface area contributed by atoms with Crippen LogP contribution in [0.3, 0.4) is 0 Å². The van der Waals surface area contributed by atoms with Crippen molar-refractivity contribution >= 4 is 23.4 Å². The van der Waals surface area contributed by atoms with E-state index in [-0.39, 0.29) is 25.0 Å². The van der Waals surface area contributed by atoms with Crippen molar-refractivity contribution in [2.24, 2.45) is 16.3 Å². The number of nitrogens with two attached hydrogens (primary N) is 1. The van der Waals surface area contributed by atoms with Gasteiger partial charge in [0.15, 0.2) is 0 Å². The number of nitrogens with zero attached hydrogens (tertiary/aromatic N) is 3. The molecule has 4 rings (SSSR count). The summed E-state index contributed by atoms with van der Waals surface area (Å²) in [4.78, 5) is 42.0. The number of fused-ring (bicyclic) bond motifs is 1. The molecular weight excluding hydrogens is 482 g/mol. The number of hydrogen-bond acceptors (Lipinski definition) is 6. The third-order valence-electron chi connectivity index (χ3n) is 7.45. The molecule has 2 unspecified atom stereocenters. The highest BCUT2D eigenvalue weighted by Crippen LogP contribution is 2.38. The van der Waals surface area contributed by atoms with Gasteiger partial charge in [-0.05, 0) is 49.8 Å².